The molecule has 1 amide bonds. The Morgan fingerprint density at radius 2 is 2.17 bits per heavy atom. The third-order valence-electron chi connectivity index (χ3n) is 4.14. The molecule has 3 rings (SSSR count). The molecule has 1 aliphatic rings. The molecule has 7 heteroatoms. The molecule has 1 fully saturated rings. The molecule has 1 N–H and O–H groups in total. The molecule has 1 aromatic carbocycles. The number of carboxylic acids is 1. The van der Waals surface area contributed by atoms with Crippen LogP contribution in [0.3, 0.4) is 0 Å². The van der Waals surface area contributed by atoms with E-state index in [0.717, 1.165) is 10.9 Å². The van der Waals surface area contributed by atoms with Crippen molar-refractivity contribution in [3.63, 3.8) is 0 Å². The summed E-state index contributed by atoms with van der Waals surface area (Å²) in [6.45, 7) is 1.97. The molecule has 0 spiro atoms. The Kier molecular flexibility index (Phi) is 4.24. The van der Waals surface area contributed by atoms with Crippen molar-refractivity contribution < 1.29 is 23.8 Å². The Hall–Kier alpha value is -2.83. The molecular formula is C17H17NO6. The van der Waals surface area contributed by atoms with Gasteiger partial charge >= 0.3 is 11.6 Å². The number of carboxylic acid groups (broad SMARTS) is 1. The summed E-state index contributed by atoms with van der Waals surface area (Å²) < 4.78 is 10.6. The Morgan fingerprint density at radius 1 is 1.38 bits per heavy atom. The number of carbonyl (C=O) groups excluding carboxylic acids is 1. The number of nitrogens with zero attached hydrogens (tertiary/aromatic N) is 1. The average molecular weight is 331 g/mol. The van der Waals surface area contributed by atoms with Crippen LogP contribution in [0.2, 0.25) is 0 Å². The Labute approximate surface area is 137 Å². The first-order chi connectivity index (χ1) is 11.5. The molecule has 126 valence electrons. The van der Waals surface area contributed by atoms with E-state index in [9.17, 15) is 14.4 Å². The number of fused-ring (bicyclic) bond motifs is 1. The number of benzene rings is 1. The number of aryl methyl sites for hydroxylation is 1. The van der Waals surface area contributed by atoms with Crippen molar-refractivity contribution in [1.29, 1.82) is 0 Å². The van der Waals surface area contributed by atoms with Crippen molar-refractivity contribution in [1.82, 2.24) is 4.90 Å². The van der Waals surface area contributed by atoms with Gasteiger partial charge in [-0.3, -0.25) is 4.79 Å². The van der Waals surface area contributed by atoms with E-state index in [4.69, 9.17) is 14.3 Å². The molecule has 1 aliphatic heterocycles. The molecule has 24 heavy (non-hydrogen) atoms. The van der Waals surface area contributed by atoms with Crippen LogP contribution in [-0.4, -0.2) is 41.1 Å². The molecule has 1 aromatic heterocycles. The van der Waals surface area contributed by atoms with Crippen LogP contribution in [0.4, 0.5) is 0 Å². The van der Waals surface area contributed by atoms with Gasteiger partial charge < -0.3 is 19.2 Å². The van der Waals surface area contributed by atoms with E-state index >= 15 is 0 Å². The van der Waals surface area contributed by atoms with Crippen LogP contribution < -0.4 is 10.4 Å². The van der Waals surface area contributed by atoms with Crippen LogP contribution in [0.15, 0.2) is 33.5 Å². The Morgan fingerprint density at radius 3 is 2.92 bits per heavy atom. The van der Waals surface area contributed by atoms with E-state index in [1.807, 2.05) is 6.92 Å². The van der Waals surface area contributed by atoms with Gasteiger partial charge in [-0.15, -0.1) is 0 Å². The first kappa shape index (κ1) is 16.0. The predicted molar refractivity (Wildman–Crippen MR) is 85.1 cm³/mol. The average Bonchev–Trinajstić information content (AvgIpc) is 3.02. The number of carbonyl (C=O) groups is 2. The van der Waals surface area contributed by atoms with Crippen molar-refractivity contribution >= 4 is 22.8 Å². The van der Waals surface area contributed by atoms with E-state index in [0.29, 0.717) is 30.7 Å². The SMILES string of the molecule is Cc1cc(=O)oc2cc(OCC(=O)N3CCC[C@H]3C(=O)O)ccc12. The maximum atomic E-state index is 12.2. The Bertz CT molecular complexity index is 856. The molecule has 1 atom stereocenters. The largest absolute Gasteiger partial charge is 0.484 e. The minimum Gasteiger partial charge on any atom is -0.484 e. The second-order valence-electron chi connectivity index (χ2n) is 5.78. The van der Waals surface area contributed by atoms with E-state index in [1.165, 1.54) is 11.0 Å². The second-order valence-corrected chi connectivity index (χ2v) is 5.78. The summed E-state index contributed by atoms with van der Waals surface area (Å²) in [5.41, 5.74) is 0.731. The number of rotatable bonds is 4. The summed E-state index contributed by atoms with van der Waals surface area (Å²) in [5.74, 6) is -0.981. The molecule has 7 nitrogen and oxygen atoms in total. The lowest BCUT2D eigenvalue weighted by Crippen LogP contribution is -2.42. The van der Waals surface area contributed by atoms with E-state index < -0.39 is 17.6 Å². The lowest BCUT2D eigenvalue weighted by atomic mass is 10.1. The van der Waals surface area contributed by atoms with Gasteiger partial charge in [-0.25, -0.2) is 9.59 Å². The van der Waals surface area contributed by atoms with Gasteiger partial charge in [0, 0.05) is 24.1 Å². The van der Waals surface area contributed by atoms with E-state index in [2.05, 4.69) is 0 Å². The normalized spacial score (nSPS) is 17.2. The summed E-state index contributed by atoms with van der Waals surface area (Å²) in [6, 6.07) is 5.62. The van der Waals surface area contributed by atoms with Gasteiger partial charge in [-0.05, 0) is 37.5 Å². The maximum absolute atomic E-state index is 12.2. The highest BCUT2D eigenvalue weighted by Gasteiger charge is 2.33. The zero-order valence-corrected chi connectivity index (χ0v) is 13.2. The quantitative estimate of drug-likeness (QED) is 0.854. The lowest BCUT2D eigenvalue weighted by Gasteiger charge is -2.21. The lowest BCUT2D eigenvalue weighted by molar-refractivity contribution is -0.148. The summed E-state index contributed by atoms with van der Waals surface area (Å²) >= 11 is 0. The molecule has 0 aliphatic carbocycles. The minimum absolute atomic E-state index is 0.259. The van der Waals surface area contributed by atoms with Crippen molar-refractivity contribution in [2.24, 2.45) is 0 Å². The minimum atomic E-state index is -0.996. The first-order valence-electron chi connectivity index (χ1n) is 7.65. The van der Waals surface area contributed by atoms with E-state index in [-0.39, 0.29) is 12.5 Å². The molecule has 0 bridgehead atoms. The van der Waals surface area contributed by atoms with Crippen LogP contribution in [0.1, 0.15) is 18.4 Å². The number of ether oxygens (including phenoxy) is 1. The molecule has 0 radical (unpaired) electrons. The standard InChI is InChI=1S/C17H17NO6/c1-10-7-16(20)24-14-8-11(4-5-12(10)14)23-9-15(19)18-6-2-3-13(18)17(21)22/h4-5,7-8,13H,2-3,6,9H2,1H3,(H,21,22)/t13-/m0/s1. The fourth-order valence-electron chi connectivity index (χ4n) is 2.94. The number of hydrogen-bond acceptors (Lipinski definition) is 5. The molecule has 1 saturated heterocycles. The number of likely N-dealkylation sites (tertiary alicyclic amines) is 1. The van der Waals surface area contributed by atoms with Gasteiger partial charge in [0.1, 0.15) is 17.4 Å². The summed E-state index contributed by atoms with van der Waals surface area (Å²) in [4.78, 5) is 36.1. The van der Waals surface area contributed by atoms with Crippen LogP contribution in [0.25, 0.3) is 11.0 Å². The van der Waals surface area contributed by atoms with Gasteiger partial charge in [-0.1, -0.05) is 0 Å². The van der Waals surface area contributed by atoms with Crippen LogP contribution in [-0.2, 0) is 9.59 Å². The highest BCUT2D eigenvalue weighted by Crippen LogP contribution is 2.23. The fourth-order valence-corrected chi connectivity index (χ4v) is 2.94. The van der Waals surface area contributed by atoms with Crippen LogP contribution in [0, 0.1) is 6.92 Å². The molecule has 0 saturated carbocycles. The van der Waals surface area contributed by atoms with Crippen LogP contribution >= 0.6 is 0 Å². The van der Waals surface area contributed by atoms with Crippen molar-refractivity contribution in [2.75, 3.05) is 13.2 Å². The number of amides is 1. The third kappa shape index (κ3) is 3.10. The molecule has 2 aromatic rings. The van der Waals surface area contributed by atoms with Gasteiger partial charge in [0.25, 0.3) is 5.91 Å². The smallest absolute Gasteiger partial charge is 0.336 e. The second kappa shape index (κ2) is 6.35. The number of aliphatic carboxylic acids is 1. The van der Waals surface area contributed by atoms with Gasteiger partial charge in [0.15, 0.2) is 6.61 Å². The van der Waals surface area contributed by atoms with Gasteiger partial charge in [-0.2, -0.15) is 0 Å². The predicted octanol–water partition coefficient (Wildman–Crippen LogP) is 1.56. The van der Waals surface area contributed by atoms with Gasteiger partial charge in [0.2, 0.25) is 0 Å². The van der Waals surface area contributed by atoms with Crippen LogP contribution in [0.5, 0.6) is 5.75 Å². The number of hydrogen-bond donors (Lipinski definition) is 1. The van der Waals surface area contributed by atoms with Gasteiger partial charge in [0.05, 0.1) is 0 Å². The fraction of sp³-hybridized carbons (Fsp3) is 0.353. The molecular weight excluding hydrogens is 314 g/mol. The van der Waals surface area contributed by atoms with Crippen molar-refractivity contribution in [3.8, 4) is 5.75 Å². The monoisotopic (exact) mass is 331 g/mol. The highest BCUT2D eigenvalue weighted by atomic mass is 16.5. The summed E-state index contributed by atoms with van der Waals surface area (Å²) in [7, 11) is 0. The maximum Gasteiger partial charge on any atom is 0.336 e. The van der Waals surface area contributed by atoms with E-state index in [1.54, 1.807) is 18.2 Å². The zero-order chi connectivity index (χ0) is 17.3. The zero-order valence-electron chi connectivity index (χ0n) is 13.2. The third-order valence-corrected chi connectivity index (χ3v) is 4.14. The summed E-state index contributed by atoms with van der Waals surface area (Å²) in [5, 5.41) is 9.90. The molecule has 2 heterocycles. The summed E-state index contributed by atoms with van der Waals surface area (Å²) in [6.07, 6.45) is 1.13. The van der Waals surface area contributed by atoms with Crippen molar-refractivity contribution in [2.45, 2.75) is 25.8 Å². The highest BCUT2D eigenvalue weighted by molar-refractivity contribution is 5.85. The topological polar surface area (TPSA) is 97.0 Å². The Balaban J connectivity index is 1.72. The molecule has 0 unspecified atom stereocenters. The first-order valence-corrected chi connectivity index (χ1v) is 7.65. The van der Waals surface area contributed by atoms with Crippen molar-refractivity contribution in [3.05, 3.63) is 40.2 Å².